The molecule has 0 saturated carbocycles. The number of hydrogen-bond donors (Lipinski definition) is 0. The van der Waals surface area contributed by atoms with E-state index in [1.807, 2.05) is 25.3 Å². The van der Waals surface area contributed by atoms with Gasteiger partial charge in [0, 0.05) is 16.7 Å². The number of aryl methyl sites for hydroxylation is 1. The van der Waals surface area contributed by atoms with Crippen molar-refractivity contribution in [1.29, 1.82) is 0 Å². The summed E-state index contributed by atoms with van der Waals surface area (Å²) in [5.41, 5.74) is 2.02. The van der Waals surface area contributed by atoms with Crippen LogP contribution in [0.25, 0.3) is 5.69 Å². The lowest BCUT2D eigenvalue weighted by atomic mass is 10.3. The third-order valence-corrected chi connectivity index (χ3v) is 3.29. The van der Waals surface area contributed by atoms with Crippen molar-refractivity contribution >= 4 is 23.4 Å². The fourth-order valence-electron chi connectivity index (χ4n) is 1.31. The van der Waals surface area contributed by atoms with E-state index in [1.165, 1.54) is 4.90 Å². The van der Waals surface area contributed by atoms with E-state index in [4.69, 9.17) is 11.6 Å². The van der Waals surface area contributed by atoms with Crippen molar-refractivity contribution in [3.05, 3.63) is 41.2 Å². The summed E-state index contributed by atoms with van der Waals surface area (Å²) in [6, 6.07) is 8.22. The van der Waals surface area contributed by atoms with Crippen molar-refractivity contribution in [2.45, 2.75) is 11.8 Å². The number of benzene rings is 1. The molecule has 0 bridgehead atoms. The minimum Gasteiger partial charge on any atom is -0.239 e. The highest BCUT2D eigenvalue weighted by atomic mass is 35.5. The highest BCUT2D eigenvalue weighted by Gasteiger charge is 2.03. The summed E-state index contributed by atoms with van der Waals surface area (Å²) < 4.78 is 1.79. The molecule has 2 nitrogen and oxygen atoms in total. The Morgan fingerprint density at radius 1 is 1.27 bits per heavy atom. The summed E-state index contributed by atoms with van der Waals surface area (Å²) in [5.74, 6) is 0. The molecule has 2 rings (SSSR count). The number of halogens is 1. The maximum atomic E-state index is 5.90. The van der Waals surface area contributed by atoms with Crippen LogP contribution in [0.4, 0.5) is 0 Å². The molecule has 0 N–H and O–H groups in total. The standard InChI is InChI=1S/C11H11ClN2S/c1-8-7-14(13-11(8)12)9-3-5-10(15-2)6-4-9/h3-7H,1-2H3. The molecule has 0 aliphatic rings. The van der Waals surface area contributed by atoms with Gasteiger partial charge in [0.15, 0.2) is 5.15 Å². The summed E-state index contributed by atoms with van der Waals surface area (Å²) in [4.78, 5) is 1.24. The van der Waals surface area contributed by atoms with E-state index >= 15 is 0 Å². The van der Waals surface area contributed by atoms with Crippen LogP contribution in [0.15, 0.2) is 35.4 Å². The van der Waals surface area contributed by atoms with Crippen molar-refractivity contribution in [3.63, 3.8) is 0 Å². The Hall–Kier alpha value is -0.930. The van der Waals surface area contributed by atoms with Gasteiger partial charge in [-0.1, -0.05) is 11.6 Å². The molecule has 2 aromatic rings. The van der Waals surface area contributed by atoms with Gasteiger partial charge in [-0.3, -0.25) is 0 Å². The van der Waals surface area contributed by atoms with E-state index in [9.17, 15) is 0 Å². The molecule has 15 heavy (non-hydrogen) atoms. The van der Waals surface area contributed by atoms with E-state index in [1.54, 1.807) is 16.4 Å². The van der Waals surface area contributed by atoms with Gasteiger partial charge in [0.25, 0.3) is 0 Å². The second kappa shape index (κ2) is 4.29. The Bertz CT molecular complexity index is 442. The van der Waals surface area contributed by atoms with E-state index < -0.39 is 0 Å². The molecular weight excluding hydrogens is 228 g/mol. The first-order chi connectivity index (χ1) is 7.20. The molecule has 0 amide bonds. The number of nitrogens with zero attached hydrogens (tertiary/aromatic N) is 2. The smallest absolute Gasteiger partial charge is 0.154 e. The van der Waals surface area contributed by atoms with Crippen LogP contribution < -0.4 is 0 Å². The molecule has 1 heterocycles. The lowest BCUT2D eigenvalue weighted by molar-refractivity contribution is 0.879. The molecular formula is C11H11ClN2S. The van der Waals surface area contributed by atoms with Gasteiger partial charge in [-0.25, -0.2) is 4.68 Å². The van der Waals surface area contributed by atoms with Crippen LogP contribution >= 0.6 is 23.4 Å². The summed E-state index contributed by atoms with van der Waals surface area (Å²) in [6.07, 6.45) is 3.99. The zero-order valence-corrected chi connectivity index (χ0v) is 10.1. The minimum atomic E-state index is 0.559. The van der Waals surface area contributed by atoms with Crippen molar-refractivity contribution in [1.82, 2.24) is 9.78 Å². The molecule has 0 saturated heterocycles. The van der Waals surface area contributed by atoms with Crippen LogP contribution in [-0.4, -0.2) is 16.0 Å². The Balaban J connectivity index is 2.37. The first-order valence-corrected chi connectivity index (χ1v) is 6.17. The molecule has 0 aliphatic heterocycles. The first-order valence-electron chi connectivity index (χ1n) is 4.57. The van der Waals surface area contributed by atoms with E-state index in [2.05, 4.69) is 23.5 Å². The van der Waals surface area contributed by atoms with Crippen molar-refractivity contribution < 1.29 is 0 Å². The second-order valence-corrected chi connectivity index (χ2v) is 4.48. The van der Waals surface area contributed by atoms with Gasteiger partial charge in [0.1, 0.15) is 0 Å². The Morgan fingerprint density at radius 3 is 2.40 bits per heavy atom. The maximum absolute atomic E-state index is 5.90. The van der Waals surface area contributed by atoms with Gasteiger partial charge in [-0.15, -0.1) is 11.8 Å². The Kier molecular flexibility index (Phi) is 3.03. The highest BCUT2D eigenvalue weighted by Crippen LogP contribution is 2.19. The molecule has 0 fully saturated rings. The molecule has 0 unspecified atom stereocenters. The molecule has 0 spiro atoms. The Labute approximate surface area is 98.3 Å². The van der Waals surface area contributed by atoms with Gasteiger partial charge >= 0.3 is 0 Å². The van der Waals surface area contributed by atoms with Crippen LogP contribution in [0.1, 0.15) is 5.56 Å². The molecule has 0 aliphatic carbocycles. The lowest BCUT2D eigenvalue weighted by Gasteiger charge is -2.01. The van der Waals surface area contributed by atoms with E-state index in [0.29, 0.717) is 5.15 Å². The SMILES string of the molecule is CSc1ccc(-n2cc(C)c(Cl)n2)cc1. The monoisotopic (exact) mass is 238 g/mol. The fraction of sp³-hybridized carbons (Fsp3) is 0.182. The number of thioether (sulfide) groups is 1. The van der Waals surface area contributed by atoms with Crippen molar-refractivity contribution in [3.8, 4) is 5.69 Å². The van der Waals surface area contributed by atoms with E-state index in [0.717, 1.165) is 11.3 Å². The average Bonchev–Trinajstić information content (AvgIpc) is 2.59. The van der Waals surface area contributed by atoms with Crippen LogP contribution in [0.3, 0.4) is 0 Å². The van der Waals surface area contributed by atoms with Gasteiger partial charge in [-0.05, 0) is 37.4 Å². The molecule has 1 aromatic carbocycles. The third-order valence-electron chi connectivity index (χ3n) is 2.17. The predicted octanol–water partition coefficient (Wildman–Crippen LogP) is 3.56. The van der Waals surface area contributed by atoms with E-state index in [-0.39, 0.29) is 0 Å². The van der Waals surface area contributed by atoms with Gasteiger partial charge in [0.05, 0.1) is 5.69 Å². The normalized spacial score (nSPS) is 10.6. The Morgan fingerprint density at radius 2 is 1.93 bits per heavy atom. The molecule has 0 radical (unpaired) electrons. The van der Waals surface area contributed by atoms with Crippen LogP contribution in [0.2, 0.25) is 5.15 Å². The zero-order valence-electron chi connectivity index (χ0n) is 8.57. The number of rotatable bonds is 2. The molecule has 1 aromatic heterocycles. The van der Waals surface area contributed by atoms with Crippen LogP contribution in [-0.2, 0) is 0 Å². The fourth-order valence-corrected chi connectivity index (χ4v) is 1.84. The summed E-state index contributed by atoms with van der Waals surface area (Å²) in [7, 11) is 0. The topological polar surface area (TPSA) is 17.8 Å². The summed E-state index contributed by atoms with van der Waals surface area (Å²) in [6.45, 7) is 1.95. The zero-order chi connectivity index (χ0) is 10.8. The lowest BCUT2D eigenvalue weighted by Crippen LogP contribution is -1.93. The molecule has 78 valence electrons. The number of aromatic nitrogens is 2. The largest absolute Gasteiger partial charge is 0.239 e. The van der Waals surface area contributed by atoms with Crippen LogP contribution in [0.5, 0.6) is 0 Å². The van der Waals surface area contributed by atoms with Crippen molar-refractivity contribution in [2.24, 2.45) is 0 Å². The van der Waals surface area contributed by atoms with Gasteiger partial charge < -0.3 is 0 Å². The summed E-state index contributed by atoms with van der Waals surface area (Å²) in [5, 5.41) is 4.77. The minimum absolute atomic E-state index is 0.559. The molecule has 4 heteroatoms. The second-order valence-electron chi connectivity index (χ2n) is 3.25. The quantitative estimate of drug-likeness (QED) is 0.745. The predicted molar refractivity (Wildman–Crippen MR) is 65.1 cm³/mol. The third kappa shape index (κ3) is 2.19. The summed E-state index contributed by atoms with van der Waals surface area (Å²) >= 11 is 7.63. The van der Waals surface area contributed by atoms with Crippen molar-refractivity contribution in [2.75, 3.05) is 6.26 Å². The van der Waals surface area contributed by atoms with Gasteiger partial charge in [0.2, 0.25) is 0 Å². The molecule has 0 atom stereocenters. The average molecular weight is 239 g/mol. The highest BCUT2D eigenvalue weighted by molar-refractivity contribution is 7.98. The maximum Gasteiger partial charge on any atom is 0.154 e. The number of hydrogen-bond acceptors (Lipinski definition) is 2. The van der Waals surface area contributed by atoms with Crippen LogP contribution in [0, 0.1) is 6.92 Å². The van der Waals surface area contributed by atoms with Gasteiger partial charge in [-0.2, -0.15) is 5.10 Å². The first kappa shape index (κ1) is 10.6.